The highest BCUT2D eigenvalue weighted by atomic mass is 79.9. The fourth-order valence-electron chi connectivity index (χ4n) is 2.18. The summed E-state index contributed by atoms with van der Waals surface area (Å²) in [6.45, 7) is 3.95. The number of rotatable bonds is 3. The molecule has 0 spiro atoms. The van der Waals surface area contributed by atoms with Crippen LogP contribution in [0, 0.1) is 0 Å². The highest BCUT2D eigenvalue weighted by molar-refractivity contribution is 9.10. The standard InChI is InChI=1S/C14H16BrN5/c15-11-3-1-2-4-12(11)19-13-9-14(18-10-17-13)20-7-5-16-6-8-20/h1-4,9-10,16H,5-8H2,(H,17,18,19). The Labute approximate surface area is 126 Å². The van der Waals surface area contributed by atoms with Gasteiger partial charge in [0, 0.05) is 36.7 Å². The third-order valence-electron chi connectivity index (χ3n) is 3.23. The van der Waals surface area contributed by atoms with Crippen molar-refractivity contribution in [3.63, 3.8) is 0 Å². The van der Waals surface area contributed by atoms with Gasteiger partial charge in [-0.3, -0.25) is 0 Å². The molecule has 2 aromatic rings. The van der Waals surface area contributed by atoms with Crippen molar-refractivity contribution in [3.8, 4) is 0 Å². The van der Waals surface area contributed by atoms with E-state index in [1.807, 2.05) is 30.3 Å². The quantitative estimate of drug-likeness (QED) is 0.903. The monoisotopic (exact) mass is 333 g/mol. The molecule has 6 heteroatoms. The Hall–Kier alpha value is -1.66. The summed E-state index contributed by atoms with van der Waals surface area (Å²) in [5, 5.41) is 6.65. The molecule has 2 heterocycles. The lowest BCUT2D eigenvalue weighted by Gasteiger charge is -2.28. The normalized spacial score (nSPS) is 15.2. The number of piperazine rings is 1. The summed E-state index contributed by atoms with van der Waals surface area (Å²) in [4.78, 5) is 10.9. The second-order valence-corrected chi connectivity index (χ2v) is 5.46. The number of anilines is 3. The predicted octanol–water partition coefficient (Wildman–Crippen LogP) is 2.39. The van der Waals surface area contributed by atoms with Crippen molar-refractivity contribution >= 4 is 33.3 Å². The van der Waals surface area contributed by atoms with E-state index in [9.17, 15) is 0 Å². The first-order valence-electron chi connectivity index (χ1n) is 6.62. The van der Waals surface area contributed by atoms with Crippen molar-refractivity contribution < 1.29 is 0 Å². The van der Waals surface area contributed by atoms with E-state index in [1.54, 1.807) is 6.33 Å². The number of nitrogens with one attached hydrogen (secondary N) is 2. The fraction of sp³-hybridized carbons (Fsp3) is 0.286. The number of halogens is 1. The molecule has 0 unspecified atom stereocenters. The summed E-state index contributed by atoms with van der Waals surface area (Å²) < 4.78 is 1.02. The van der Waals surface area contributed by atoms with E-state index in [1.165, 1.54) is 0 Å². The average Bonchev–Trinajstić information content (AvgIpc) is 2.51. The maximum atomic E-state index is 4.36. The summed E-state index contributed by atoms with van der Waals surface area (Å²) in [6.07, 6.45) is 1.61. The molecule has 1 aromatic carbocycles. The van der Waals surface area contributed by atoms with Gasteiger partial charge < -0.3 is 15.5 Å². The summed E-state index contributed by atoms with van der Waals surface area (Å²) in [7, 11) is 0. The molecule has 1 aromatic heterocycles. The fourth-order valence-corrected chi connectivity index (χ4v) is 2.57. The van der Waals surface area contributed by atoms with E-state index in [0.717, 1.165) is 48.0 Å². The molecule has 0 radical (unpaired) electrons. The Balaban J connectivity index is 1.79. The van der Waals surface area contributed by atoms with Crippen LogP contribution in [0.3, 0.4) is 0 Å². The number of aromatic nitrogens is 2. The minimum atomic E-state index is 0.806. The van der Waals surface area contributed by atoms with Crippen LogP contribution in [0.15, 0.2) is 41.1 Å². The van der Waals surface area contributed by atoms with Crippen LogP contribution in [0.2, 0.25) is 0 Å². The molecule has 1 saturated heterocycles. The first-order chi connectivity index (χ1) is 9.83. The predicted molar refractivity (Wildman–Crippen MR) is 84.5 cm³/mol. The molecule has 0 saturated carbocycles. The maximum absolute atomic E-state index is 4.36. The van der Waals surface area contributed by atoms with Gasteiger partial charge >= 0.3 is 0 Å². The van der Waals surface area contributed by atoms with Crippen LogP contribution in [0.4, 0.5) is 17.3 Å². The van der Waals surface area contributed by atoms with E-state index in [-0.39, 0.29) is 0 Å². The smallest absolute Gasteiger partial charge is 0.135 e. The van der Waals surface area contributed by atoms with E-state index in [4.69, 9.17) is 0 Å². The molecule has 20 heavy (non-hydrogen) atoms. The summed E-state index contributed by atoms with van der Waals surface area (Å²) in [6, 6.07) is 9.98. The first-order valence-corrected chi connectivity index (χ1v) is 7.41. The van der Waals surface area contributed by atoms with Crippen molar-refractivity contribution in [2.24, 2.45) is 0 Å². The lowest BCUT2D eigenvalue weighted by atomic mass is 10.3. The summed E-state index contributed by atoms with van der Waals surface area (Å²) >= 11 is 3.52. The number of nitrogens with zero attached hydrogens (tertiary/aromatic N) is 3. The average molecular weight is 334 g/mol. The molecular formula is C14H16BrN5. The first kappa shape index (κ1) is 13.3. The van der Waals surface area contributed by atoms with E-state index >= 15 is 0 Å². The number of hydrogen-bond acceptors (Lipinski definition) is 5. The molecule has 104 valence electrons. The van der Waals surface area contributed by atoms with Crippen molar-refractivity contribution in [2.75, 3.05) is 36.4 Å². The molecule has 1 aliphatic heterocycles. The van der Waals surface area contributed by atoms with Crippen molar-refractivity contribution in [1.82, 2.24) is 15.3 Å². The Bertz CT molecular complexity index is 583. The Morgan fingerprint density at radius 2 is 1.95 bits per heavy atom. The van der Waals surface area contributed by atoms with Crippen LogP contribution in [-0.4, -0.2) is 36.1 Å². The molecule has 0 aliphatic carbocycles. The molecule has 0 bridgehead atoms. The second kappa shape index (κ2) is 6.19. The zero-order valence-corrected chi connectivity index (χ0v) is 12.6. The Morgan fingerprint density at radius 3 is 2.75 bits per heavy atom. The van der Waals surface area contributed by atoms with E-state index in [0.29, 0.717) is 0 Å². The van der Waals surface area contributed by atoms with Crippen LogP contribution >= 0.6 is 15.9 Å². The van der Waals surface area contributed by atoms with Gasteiger partial charge in [-0.2, -0.15) is 0 Å². The number of benzene rings is 1. The van der Waals surface area contributed by atoms with E-state index in [2.05, 4.69) is 41.4 Å². The highest BCUT2D eigenvalue weighted by Crippen LogP contribution is 2.25. The van der Waals surface area contributed by atoms with Gasteiger partial charge in [-0.25, -0.2) is 9.97 Å². The van der Waals surface area contributed by atoms with Gasteiger partial charge in [0.15, 0.2) is 0 Å². The van der Waals surface area contributed by atoms with Gasteiger partial charge in [-0.1, -0.05) is 12.1 Å². The third kappa shape index (κ3) is 3.08. The number of para-hydroxylation sites is 1. The minimum Gasteiger partial charge on any atom is -0.354 e. The Kier molecular flexibility index (Phi) is 4.13. The summed E-state index contributed by atoms with van der Waals surface area (Å²) in [5.41, 5.74) is 0.998. The van der Waals surface area contributed by atoms with Crippen molar-refractivity contribution in [2.45, 2.75) is 0 Å². The van der Waals surface area contributed by atoms with Crippen LogP contribution in [0.5, 0.6) is 0 Å². The van der Waals surface area contributed by atoms with Crippen LogP contribution < -0.4 is 15.5 Å². The van der Waals surface area contributed by atoms with Gasteiger partial charge in [-0.05, 0) is 28.1 Å². The third-order valence-corrected chi connectivity index (χ3v) is 3.92. The van der Waals surface area contributed by atoms with Gasteiger partial charge in [0.1, 0.15) is 18.0 Å². The van der Waals surface area contributed by atoms with Crippen molar-refractivity contribution in [3.05, 3.63) is 41.1 Å². The lowest BCUT2D eigenvalue weighted by Crippen LogP contribution is -2.43. The largest absolute Gasteiger partial charge is 0.354 e. The van der Waals surface area contributed by atoms with Crippen molar-refractivity contribution in [1.29, 1.82) is 0 Å². The van der Waals surface area contributed by atoms with Gasteiger partial charge in [-0.15, -0.1) is 0 Å². The van der Waals surface area contributed by atoms with Crippen LogP contribution in [-0.2, 0) is 0 Å². The molecular weight excluding hydrogens is 318 g/mol. The second-order valence-electron chi connectivity index (χ2n) is 4.60. The molecule has 3 rings (SSSR count). The molecule has 1 fully saturated rings. The van der Waals surface area contributed by atoms with Crippen LogP contribution in [0.25, 0.3) is 0 Å². The Morgan fingerprint density at radius 1 is 1.15 bits per heavy atom. The summed E-state index contributed by atoms with van der Waals surface area (Å²) in [5.74, 6) is 1.77. The van der Waals surface area contributed by atoms with Gasteiger partial charge in [0.05, 0.1) is 5.69 Å². The lowest BCUT2D eigenvalue weighted by molar-refractivity contribution is 0.584. The zero-order chi connectivity index (χ0) is 13.8. The van der Waals surface area contributed by atoms with E-state index < -0.39 is 0 Å². The molecule has 5 nitrogen and oxygen atoms in total. The van der Waals surface area contributed by atoms with Gasteiger partial charge in [0.2, 0.25) is 0 Å². The molecule has 0 amide bonds. The maximum Gasteiger partial charge on any atom is 0.135 e. The molecule has 1 aliphatic rings. The minimum absolute atomic E-state index is 0.806. The number of hydrogen-bond donors (Lipinski definition) is 2. The zero-order valence-electron chi connectivity index (χ0n) is 11.0. The molecule has 0 atom stereocenters. The topological polar surface area (TPSA) is 53.1 Å². The molecule has 2 N–H and O–H groups in total. The van der Waals surface area contributed by atoms with Crippen LogP contribution in [0.1, 0.15) is 0 Å². The SMILES string of the molecule is Brc1ccccc1Nc1cc(N2CCNCC2)ncn1. The van der Waals surface area contributed by atoms with Gasteiger partial charge in [0.25, 0.3) is 0 Å². The highest BCUT2D eigenvalue weighted by Gasteiger charge is 2.12.